The number of phenolic OH excluding ortho intramolecular Hbond substituents is 1. The van der Waals surface area contributed by atoms with Crippen molar-refractivity contribution < 1.29 is 23.1 Å². The molecule has 4 nitrogen and oxygen atoms in total. The fourth-order valence-electron chi connectivity index (χ4n) is 3.74. The zero-order valence-electron chi connectivity index (χ0n) is 13.3. The van der Waals surface area contributed by atoms with E-state index >= 15 is 0 Å². The number of nitrogens with zero attached hydrogens (tertiary/aromatic N) is 1. The Kier molecular flexibility index (Phi) is 4.71. The number of likely N-dealkylation sites (tertiary alicyclic amines) is 1. The van der Waals surface area contributed by atoms with Crippen LogP contribution in [0, 0.1) is 0 Å². The van der Waals surface area contributed by atoms with E-state index in [4.69, 9.17) is 0 Å². The van der Waals surface area contributed by atoms with Crippen molar-refractivity contribution in [3.63, 3.8) is 0 Å². The lowest BCUT2D eigenvalue weighted by Crippen LogP contribution is -2.50. The van der Waals surface area contributed by atoms with Gasteiger partial charge in [-0.3, -0.25) is 4.79 Å². The zero-order valence-corrected chi connectivity index (χ0v) is 13.3. The van der Waals surface area contributed by atoms with E-state index in [0.29, 0.717) is 31.4 Å². The Balaban J connectivity index is 1.66. The average Bonchev–Trinajstić information content (AvgIpc) is 2.97. The SMILES string of the molecule is O=C(C1CCc2cccc(O)c21)N1CCCC(NCC(F)(F)F)C1. The number of carbonyl (C=O) groups excluding carboxylic acids is 1. The number of amides is 1. The van der Waals surface area contributed by atoms with Gasteiger partial charge < -0.3 is 15.3 Å². The fourth-order valence-corrected chi connectivity index (χ4v) is 3.74. The minimum Gasteiger partial charge on any atom is -0.508 e. The highest BCUT2D eigenvalue weighted by molar-refractivity contribution is 5.86. The van der Waals surface area contributed by atoms with Crippen molar-refractivity contribution in [1.82, 2.24) is 10.2 Å². The Labute approximate surface area is 138 Å². The van der Waals surface area contributed by atoms with Gasteiger partial charge in [-0.05, 0) is 37.3 Å². The topological polar surface area (TPSA) is 52.6 Å². The average molecular weight is 342 g/mol. The van der Waals surface area contributed by atoms with Gasteiger partial charge in [0.25, 0.3) is 0 Å². The first-order valence-corrected chi connectivity index (χ1v) is 8.25. The monoisotopic (exact) mass is 342 g/mol. The molecule has 2 aliphatic rings. The molecule has 2 unspecified atom stereocenters. The maximum absolute atomic E-state index is 12.8. The van der Waals surface area contributed by atoms with Crippen molar-refractivity contribution in [2.75, 3.05) is 19.6 Å². The van der Waals surface area contributed by atoms with Gasteiger partial charge in [-0.15, -0.1) is 0 Å². The van der Waals surface area contributed by atoms with Crippen LogP contribution < -0.4 is 5.32 Å². The minimum atomic E-state index is -4.25. The van der Waals surface area contributed by atoms with Gasteiger partial charge in [-0.2, -0.15) is 13.2 Å². The summed E-state index contributed by atoms with van der Waals surface area (Å²) in [4.78, 5) is 14.5. The molecule has 0 aromatic heterocycles. The van der Waals surface area contributed by atoms with Gasteiger partial charge in [0.1, 0.15) is 5.75 Å². The summed E-state index contributed by atoms with van der Waals surface area (Å²) in [6.07, 6.45) is -1.55. The molecule has 0 bridgehead atoms. The maximum Gasteiger partial charge on any atom is 0.401 e. The summed E-state index contributed by atoms with van der Waals surface area (Å²) in [5.41, 5.74) is 1.67. The van der Waals surface area contributed by atoms with Gasteiger partial charge >= 0.3 is 6.18 Å². The van der Waals surface area contributed by atoms with Crippen LogP contribution in [0.15, 0.2) is 18.2 Å². The van der Waals surface area contributed by atoms with Crippen molar-refractivity contribution in [1.29, 1.82) is 0 Å². The Hall–Kier alpha value is -1.76. The van der Waals surface area contributed by atoms with Gasteiger partial charge in [0.15, 0.2) is 0 Å². The number of rotatable bonds is 3. The van der Waals surface area contributed by atoms with Gasteiger partial charge in [0.2, 0.25) is 5.91 Å². The summed E-state index contributed by atoms with van der Waals surface area (Å²) in [7, 11) is 0. The highest BCUT2D eigenvalue weighted by atomic mass is 19.4. The molecule has 132 valence electrons. The summed E-state index contributed by atoms with van der Waals surface area (Å²) in [6.45, 7) is -0.191. The lowest BCUT2D eigenvalue weighted by molar-refractivity contribution is -0.135. The van der Waals surface area contributed by atoms with Crippen LogP contribution in [0.3, 0.4) is 0 Å². The first kappa shape index (κ1) is 17.1. The van der Waals surface area contributed by atoms with Crippen LogP contribution in [0.1, 0.15) is 36.3 Å². The second-order valence-corrected chi connectivity index (χ2v) is 6.56. The molecule has 2 N–H and O–H groups in total. The van der Waals surface area contributed by atoms with Crippen LogP contribution in [-0.4, -0.2) is 47.8 Å². The number of aryl methyl sites for hydroxylation is 1. The first-order chi connectivity index (χ1) is 11.3. The molecular weight excluding hydrogens is 321 g/mol. The number of nitrogens with one attached hydrogen (secondary N) is 1. The summed E-state index contributed by atoms with van der Waals surface area (Å²) >= 11 is 0. The number of piperidine rings is 1. The quantitative estimate of drug-likeness (QED) is 0.888. The smallest absolute Gasteiger partial charge is 0.401 e. The maximum atomic E-state index is 12.8. The van der Waals surface area contributed by atoms with Crippen molar-refractivity contribution >= 4 is 5.91 Å². The molecule has 0 radical (unpaired) electrons. The normalized spacial score (nSPS) is 24.0. The third-order valence-electron chi connectivity index (χ3n) is 4.85. The number of benzene rings is 1. The number of halogens is 3. The molecule has 24 heavy (non-hydrogen) atoms. The molecule has 1 aliphatic heterocycles. The summed E-state index contributed by atoms with van der Waals surface area (Å²) in [5.74, 6) is -0.344. The van der Waals surface area contributed by atoms with Crippen LogP contribution >= 0.6 is 0 Å². The van der Waals surface area contributed by atoms with Crippen LogP contribution in [0.4, 0.5) is 13.2 Å². The van der Waals surface area contributed by atoms with E-state index < -0.39 is 12.7 Å². The predicted molar refractivity (Wildman–Crippen MR) is 82.8 cm³/mol. The molecule has 3 rings (SSSR count). The van der Waals surface area contributed by atoms with Crippen LogP contribution in [-0.2, 0) is 11.2 Å². The van der Waals surface area contributed by atoms with Crippen molar-refractivity contribution in [3.8, 4) is 5.75 Å². The van der Waals surface area contributed by atoms with E-state index in [1.54, 1.807) is 17.0 Å². The van der Waals surface area contributed by atoms with E-state index in [-0.39, 0.29) is 30.2 Å². The van der Waals surface area contributed by atoms with Crippen molar-refractivity contribution in [3.05, 3.63) is 29.3 Å². The molecule has 1 saturated heterocycles. The molecule has 1 aliphatic carbocycles. The lowest BCUT2D eigenvalue weighted by Gasteiger charge is -2.35. The minimum absolute atomic E-state index is 0.0891. The molecule has 7 heteroatoms. The second-order valence-electron chi connectivity index (χ2n) is 6.56. The highest BCUT2D eigenvalue weighted by Gasteiger charge is 2.36. The van der Waals surface area contributed by atoms with E-state index in [1.165, 1.54) is 0 Å². The van der Waals surface area contributed by atoms with Crippen molar-refractivity contribution in [2.24, 2.45) is 0 Å². The number of aromatic hydroxyl groups is 1. The van der Waals surface area contributed by atoms with E-state index in [9.17, 15) is 23.1 Å². The fraction of sp³-hybridized carbons (Fsp3) is 0.588. The Morgan fingerprint density at radius 2 is 2.12 bits per heavy atom. The molecular formula is C17H21F3N2O2. The van der Waals surface area contributed by atoms with Gasteiger partial charge in [0.05, 0.1) is 12.5 Å². The molecule has 1 fully saturated rings. The molecule has 1 aromatic carbocycles. The number of carbonyl (C=O) groups is 1. The molecule has 0 saturated carbocycles. The summed E-state index contributed by atoms with van der Waals surface area (Å²) in [5, 5.41) is 12.6. The van der Waals surface area contributed by atoms with E-state index in [1.807, 2.05) is 6.07 Å². The number of hydrogen-bond acceptors (Lipinski definition) is 3. The first-order valence-electron chi connectivity index (χ1n) is 8.25. The standard InChI is InChI=1S/C17H21F3N2O2/c18-17(19,20)10-21-12-4-2-8-22(9-12)16(24)13-7-6-11-3-1-5-14(23)15(11)13/h1,3,5,12-13,21,23H,2,4,6-10H2. The van der Waals surface area contributed by atoms with E-state index in [0.717, 1.165) is 12.0 Å². The molecule has 1 heterocycles. The molecule has 2 atom stereocenters. The Morgan fingerprint density at radius 1 is 1.33 bits per heavy atom. The largest absolute Gasteiger partial charge is 0.508 e. The molecule has 1 aromatic rings. The van der Waals surface area contributed by atoms with E-state index in [2.05, 4.69) is 5.32 Å². The lowest BCUT2D eigenvalue weighted by atomic mass is 9.96. The number of alkyl halides is 3. The molecule has 0 spiro atoms. The van der Waals surface area contributed by atoms with Gasteiger partial charge in [-0.25, -0.2) is 0 Å². The number of fused-ring (bicyclic) bond motifs is 1. The Bertz CT molecular complexity index is 618. The van der Waals surface area contributed by atoms with Crippen LogP contribution in [0.5, 0.6) is 5.75 Å². The summed E-state index contributed by atoms with van der Waals surface area (Å²) in [6, 6.07) is 4.91. The van der Waals surface area contributed by atoms with Gasteiger partial charge in [-0.1, -0.05) is 12.1 Å². The third kappa shape index (κ3) is 3.66. The third-order valence-corrected chi connectivity index (χ3v) is 4.85. The predicted octanol–water partition coefficient (Wildman–Crippen LogP) is 2.56. The summed E-state index contributed by atoms with van der Waals surface area (Å²) < 4.78 is 37.1. The Morgan fingerprint density at radius 3 is 2.88 bits per heavy atom. The second kappa shape index (κ2) is 6.63. The zero-order chi connectivity index (χ0) is 17.3. The van der Waals surface area contributed by atoms with Crippen molar-refractivity contribution in [2.45, 2.75) is 43.8 Å². The van der Waals surface area contributed by atoms with Crippen LogP contribution in [0.25, 0.3) is 0 Å². The van der Waals surface area contributed by atoms with Crippen LogP contribution in [0.2, 0.25) is 0 Å². The highest BCUT2D eigenvalue weighted by Crippen LogP contribution is 2.40. The molecule has 1 amide bonds. The van der Waals surface area contributed by atoms with Gasteiger partial charge in [0, 0.05) is 24.7 Å². The number of phenols is 1. The number of hydrogen-bond donors (Lipinski definition) is 2.